The number of hydrogen-bond acceptors (Lipinski definition) is 3. The van der Waals surface area contributed by atoms with Crippen LogP contribution < -0.4 is 10.2 Å². The molecule has 2 aromatic carbocycles. The van der Waals surface area contributed by atoms with Crippen LogP contribution in [0.3, 0.4) is 0 Å². The molecule has 1 atom stereocenters. The number of nitrogens with one attached hydrogen (secondary N) is 1. The fourth-order valence-corrected chi connectivity index (χ4v) is 3.12. The molecule has 0 bridgehead atoms. The van der Waals surface area contributed by atoms with Gasteiger partial charge in [-0.15, -0.1) is 0 Å². The molecule has 1 heterocycles. The second kappa shape index (κ2) is 6.40. The molecule has 0 unspecified atom stereocenters. The molecule has 0 radical (unpaired) electrons. The van der Waals surface area contributed by atoms with E-state index in [1.165, 1.54) is 6.07 Å². The number of hydrogen-bond donors (Lipinski definition) is 1. The molecule has 0 aromatic heterocycles. The monoisotopic (exact) mass is 368 g/mol. The number of benzene rings is 2. The van der Waals surface area contributed by atoms with Crippen molar-refractivity contribution >= 4 is 58.0 Å². The van der Waals surface area contributed by atoms with Gasteiger partial charge in [0.2, 0.25) is 5.91 Å². The normalized spacial score (nSPS) is 17.7. The summed E-state index contributed by atoms with van der Waals surface area (Å²) in [7, 11) is 0. The summed E-state index contributed by atoms with van der Waals surface area (Å²) in [6.07, 6.45) is 0.0459. The van der Waals surface area contributed by atoms with Crippen molar-refractivity contribution < 1.29 is 9.59 Å². The van der Waals surface area contributed by atoms with Gasteiger partial charge in [0.05, 0.1) is 17.1 Å². The van der Waals surface area contributed by atoms with E-state index in [2.05, 4.69) is 5.32 Å². The second-order valence-electron chi connectivity index (χ2n) is 5.07. The Morgan fingerprint density at radius 2 is 1.74 bits per heavy atom. The molecule has 7 heteroatoms. The molecule has 1 aliphatic heterocycles. The van der Waals surface area contributed by atoms with Crippen molar-refractivity contribution in [2.75, 3.05) is 10.2 Å². The molecule has 2 aromatic rings. The van der Waals surface area contributed by atoms with E-state index in [4.69, 9.17) is 34.8 Å². The first-order chi connectivity index (χ1) is 11.0. The summed E-state index contributed by atoms with van der Waals surface area (Å²) < 4.78 is 0. The number of nitrogens with zero attached hydrogens (tertiary/aromatic N) is 1. The van der Waals surface area contributed by atoms with Gasteiger partial charge in [0, 0.05) is 15.7 Å². The van der Waals surface area contributed by atoms with Crippen molar-refractivity contribution in [1.82, 2.24) is 0 Å². The van der Waals surface area contributed by atoms with E-state index in [0.29, 0.717) is 21.4 Å². The lowest BCUT2D eigenvalue weighted by atomic mass is 10.2. The zero-order chi connectivity index (χ0) is 16.6. The fraction of sp³-hybridized carbons (Fsp3) is 0.125. The van der Waals surface area contributed by atoms with Gasteiger partial charge in [-0.25, -0.2) is 4.90 Å². The van der Waals surface area contributed by atoms with Crippen LogP contribution in [0.25, 0.3) is 0 Å². The van der Waals surface area contributed by atoms with Gasteiger partial charge in [-0.2, -0.15) is 0 Å². The van der Waals surface area contributed by atoms with Crippen molar-refractivity contribution in [1.29, 1.82) is 0 Å². The van der Waals surface area contributed by atoms with Gasteiger partial charge in [-0.05, 0) is 36.4 Å². The summed E-state index contributed by atoms with van der Waals surface area (Å²) in [5.74, 6) is -0.682. The number of imide groups is 1. The quantitative estimate of drug-likeness (QED) is 0.816. The van der Waals surface area contributed by atoms with Gasteiger partial charge >= 0.3 is 0 Å². The number of carbonyl (C=O) groups excluding carboxylic acids is 2. The molecule has 1 saturated heterocycles. The molecule has 1 N–H and O–H groups in total. The third kappa shape index (κ3) is 3.29. The van der Waals surface area contributed by atoms with Crippen LogP contribution >= 0.6 is 34.8 Å². The minimum atomic E-state index is -0.660. The zero-order valence-electron chi connectivity index (χ0n) is 11.7. The molecule has 0 saturated carbocycles. The second-order valence-corrected chi connectivity index (χ2v) is 6.35. The summed E-state index contributed by atoms with van der Waals surface area (Å²) in [6.45, 7) is 0. The number of amides is 2. The highest BCUT2D eigenvalue weighted by molar-refractivity contribution is 6.38. The Morgan fingerprint density at radius 1 is 1.00 bits per heavy atom. The predicted molar refractivity (Wildman–Crippen MR) is 92.4 cm³/mol. The standard InChI is InChI=1S/C16H11Cl3N2O2/c17-9-2-1-3-11(6-9)20-13-8-15(22)21(16(13)23)14-5-4-10(18)7-12(14)19/h1-7,13,20H,8H2/t13-/m1/s1. The summed E-state index contributed by atoms with van der Waals surface area (Å²) in [6, 6.07) is 10.9. The Kier molecular flexibility index (Phi) is 4.48. The molecule has 0 aliphatic carbocycles. The maximum Gasteiger partial charge on any atom is 0.256 e. The summed E-state index contributed by atoms with van der Waals surface area (Å²) >= 11 is 17.9. The summed E-state index contributed by atoms with van der Waals surface area (Å²) in [4.78, 5) is 25.9. The predicted octanol–water partition coefficient (Wildman–Crippen LogP) is 4.39. The van der Waals surface area contributed by atoms with Crippen LogP contribution in [-0.2, 0) is 9.59 Å². The Bertz CT molecular complexity index is 795. The van der Waals surface area contributed by atoms with E-state index in [0.717, 1.165) is 4.90 Å². The van der Waals surface area contributed by atoms with Crippen LogP contribution in [-0.4, -0.2) is 17.9 Å². The molecule has 1 aliphatic rings. The molecule has 4 nitrogen and oxygen atoms in total. The molecule has 23 heavy (non-hydrogen) atoms. The molecule has 3 rings (SSSR count). The number of carbonyl (C=O) groups is 2. The SMILES string of the molecule is O=C1C[C@@H](Nc2cccc(Cl)c2)C(=O)N1c1ccc(Cl)cc1Cl. The van der Waals surface area contributed by atoms with Crippen LogP contribution in [0.4, 0.5) is 11.4 Å². The van der Waals surface area contributed by atoms with Crippen LogP contribution in [0, 0.1) is 0 Å². The summed E-state index contributed by atoms with van der Waals surface area (Å²) in [5, 5.41) is 4.26. The van der Waals surface area contributed by atoms with Gasteiger partial charge in [0.25, 0.3) is 5.91 Å². The maximum absolute atomic E-state index is 12.6. The van der Waals surface area contributed by atoms with Crippen molar-refractivity contribution in [2.45, 2.75) is 12.5 Å². The molecule has 118 valence electrons. The highest BCUT2D eigenvalue weighted by atomic mass is 35.5. The van der Waals surface area contributed by atoms with Crippen LogP contribution in [0.15, 0.2) is 42.5 Å². The number of halogens is 3. The maximum atomic E-state index is 12.6. The van der Waals surface area contributed by atoms with Crippen LogP contribution in [0.1, 0.15) is 6.42 Å². The van der Waals surface area contributed by atoms with E-state index >= 15 is 0 Å². The lowest BCUT2D eigenvalue weighted by Gasteiger charge is -2.17. The number of anilines is 2. The molecule has 2 amide bonds. The van der Waals surface area contributed by atoms with Gasteiger partial charge in [-0.3, -0.25) is 9.59 Å². The Morgan fingerprint density at radius 3 is 2.43 bits per heavy atom. The molecule has 0 spiro atoms. The van der Waals surface area contributed by atoms with Gasteiger partial charge in [0.15, 0.2) is 0 Å². The first-order valence-corrected chi connectivity index (χ1v) is 7.93. The highest BCUT2D eigenvalue weighted by Gasteiger charge is 2.40. The minimum absolute atomic E-state index is 0.0459. The number of rotatable bonds is 3. The van der Waals surface area contributed by atoms with Crippen LogP contribution in [0.5, 0.6) is 0 Å². The van der Waals surface area contributed by atoms with E-state index in [-0.39, 0.29) is 23.3 Å². The highest BCUT2D eigenvalue weighted by Crippen LogP contribution is 2.33. The van der Waals surface area contributed by atoms with E-state index in [1.807, 2.05) is 0 Å². The Hall–Kier alpha value is -1.75. The largest absolute Gasteiger partial charge is 0.373 e. The molecular weight excluding hydrogens is 359 g/mol. The van der Waals surface area contributed by atoms with Crippen LogP contribution in [0.2, 0.25) is 15.1 Å². The van der Waals surface area contributed by atoms with Gasteiger partial charge in [0.1, 0.15) is 6.04 Å². The van der Waals surface area contributed by atoms with Crippen molar-refractivity contribution in [3.05, 3.63) is 57.5 Å². The zero-order valence-corrected chi connectivity index (χ0v) is 14.0. The van der Waals surface area contributed by atoms with E-state index < -0.39 is 6.04 Å². The van der Waals surface area contributed by atoms with Crippen molar-refractivity contribution in [3.63, 3.8) is 0 Å². The summed E-state index contributed by atoms with van der Waals surface area (Å²) in [5.41, 5.74) is 1.01. The molecule has 1 fully saturated rings. The lowest BCUT2D eigenvalue weighted by molar-refractivity contribution is -0.121. The van der Waals surface area contributed by atoms with E-state index in [9.17, 15) is 9.59 Å². The van der Waals surface area contributed by atoms with Gasteiger partial charge < -0.3 is 5.32 Å². The Balaban J connectivity index is 1.85. The van der Waals surface area contributed by atoms with E-state index in [1.54, 1.807) is 36.4 Å². The smallest absolute Gasteiger partial charge is 0.256 e. The third-order valence-electron chi connectivity index (χ3n) is 3.46. The van der Waals surface area contributed by atoms with Gasteiger partial charge in [-0.1, -0.05) is 40.9 Å². The first-order valence-electron chi connectivity index (χ1n) is 6.79. The topological polar surface area (TPSA) is 49.4 Å². The average molecular weight is 370 g/mol. The minimum Gasteiger partial charge on any atom is -0.373 e. The Labute approximate surface area is 147 Å². The van der Waals surface area contributed by atoms with Crippen molar-refractivity contribution in [2.24, 2.45) is 0 Å². The third-order valence-corrected chi connectivity index (χ3v) is 4.24. The lowest BCUT2D eigenvalue weighted by Crippen LogP contribution is -2.35. The van der Waals surface area contributed by atoms with Crippen molar-refractivity contribution in [3.8, 4) is 0 Å². The fourth-order valence-electron chi connectivity index (χ4n) is 2.44. The average Bonchev–Trinajstić information content (AvgIpc) is 2.74. The first kappa shape index (κ1) is 16.1. The molecular formula is C16H11Cl3N2O2.